The molecule has 9 nitrogen and oxygen atoms in total. The number of rotatable bonds is 6. The molecule has 0 saturated carbocycles. The van der Waals surface area contributed by atoms with Crippen molar-refractivity contribution in [2.45, 2.75) is 20.8 Å². The molecule has 3 aromatic rings. The third-order valence-electron chi connectivity index (χ3n) is 4.76. The molecule has 0 atom stereocenters. The first kappa shape index (κ1) is 24.8. The first-order valence-corrected chi connectivity index (χ1v) is 10.6. The molecule has 9 heteroatoms. The molecule has 0 saturated heterocycles. The smallest absolute Gasteiger partial charge is 0.343 e. The second-order valence-corrected chi connectivity index (χ2v) is 7.60. The Morgan fingerprint density at radius 1 is 0.743 bits per heavy atom. The maximum atomic E-state index is 12.5. The van der Waals surface area contributed by atoms with Crippen LogP contribution < -0.4 is 20.8 Å². The van der Waals surface area contributed by atoms with Crippen molar-refractivity contribution >= 4 is 40.8 Å². The number of ether oxygens (including phenoxy) is 1. The van der Waals surface area contributed by atoms with Gasteiger partial charge in [-0.05, 0) is 62.4 Å². The maximum absolute atomic E-state index is 12.5. The average Bonchev–Trinajstić information content (AvgIpc) is 2.84. The Morgan fingerprint density at radius 2 is 1.34 bits per heavy atom. The Balaban J connectivity index is 1.63. The van der Waals surface area contributed by atoms with Crippen LogP contribution in [0.1, 0.15) is 35.3 Å². The van der Waals surface area contributed by atoms with Crippen LogP contribution >= 0.6 is 0 Å². The largest absolute Gasteiger partial charge is 0.422 e. The maximum Gasteiger partial charge on any atom is 0.343 e. The van der Waals surface area contributed by atoms with Crippen molar-refractivity contribution in [1.82, 2.24) is 5.43 Å². The zero-order valence-electron chi connectivity index (χ0n) is 19.4. The van der Waals surface area contributed by atoms with E-state index in [1.54, 1.807) is 67.6 Å². The number of para-hydroxylation sites is 1. The number of esters is 1. The van der Waals surface area contributed by atoms with E-state index < -0.39 is 17.8 Å². The first-order chi connectivity index (χ1) is 16.7. The number of carbonyl (C=O) groups is 4. The zero-order valence-corrected chi connectivity index (χ0v) is 19.4. The van der Waals surface area contributed by atoms with Gasteiger partial charge in [-0.15, -0.1) is 0 Å². The van der Waals surface area contributed by atoms with Crippen molar-refractivity contribution in [2.24, 2.45) is 5.10 Å². The number of aryl methyl sites for hydroxylation is 1. The molecule has 3 N–H and O–H groups in total. The fourth-order valence-electron chi connectivity index (χ4n) is 2.98. The van der Waals surface area contributed by atoms with Crippen LogP contribution in [0.2, 0.25) is 0 Å². The Bertz CT molecular complexity index is 1280. The molecule has 3 aromatic carbocycles. The van der Waals surface area contributed by atoms with Gasteiger partial charge in [0.05, 0.1) is 11.3 Å². The van der Waals surface area contributed by atoms with Gasteiger partial charge in [0, 0.05) is 23.9 Å². The number of nitrogens with zero attached hydrogens (tertiary/aromatic N) is 1. The van der Waals surface area contributed by atoms with Crippen molar-refractivity contribution in [3.05, 3.63) is 89.5 Å². The third-order valence-corrected chi connectivity index (χ3v) is 4.76. The molecule has 0 spiro atoms. The highest BCUT2D eigenvalue weighted by Crippen LogP contribution is 2.20. The van der Waals surface area contributed by atoms with E-state index in [0.717, 1.165) is 5.56 Å². The molecule has 0 aliphatic heterocycles. The fourth-order valence-corrected chi connectivity index (χ4v) is 2.98. The van der Waals surface area contributed by atoms with Gasteiger partial charge in [0.2, 0.25) is 5.91 Å². The molecule has 0 unspecified atom stereocenters. The predicted molar refractivity (Wildman–Crippen MR) is 132 cm³/mol. The predicted octanol–water partition coefficient (Wildman–Crippen LogP) is 3.65. The van der Waals surface area contributed by atoms with E-state index in [9.17, 15) is 19.2 Å². The molecule has 0 aliphatic rings. The normalized spacial score (nSPS) is 10.8. The van der Waals surface area contributed by atoms with Crippen molar-refractivity contribution in [1.29, 1.82) is 0 Å². The van der Waals surface area contributed by atoms with E-state index in [1.165, 1.54) is 6.92 Å². The van der Waals surface area contributed by atoms with Crippen molar-refractivity contribution in [3.63, 3.8) is 0 Å². The molecule has 0 heterocycles. The van der Waals surface area contributed by atoms with Gasteiger partial charge in [0.25, 0.3) is 0 Å². The lowest BCUT2D eigenvalue weighted by Crippen LogP contribution is -2.33. The number of nitrogens with one attached hydrogen (secondary N) is 3. The summed E-state index contributed by atoms with van der Waals surface area (Å²) in [6.45, 7) is 4.91. The highest BCUT2D eigenvalue weighted by Gasteiger charge is 2.16. The minimum absolute atomic E-state index is 0.221. The average molecular weight is 473 g/mol. The lowest BCUT2D eigenvalue weighted by Gasteiger charge is -2.10. The molecule has 0 bridgehead atoms. The summed E-state index contributed by atoms with van der Waals surface area (Å²) in [4.78, 5) is 48.0. The molecule has 0 radical (unpaired) electrons. The summed E-state index contributed by atoms with van der Waals surface area (Å²) < 4.78 is 5.52. The number of hydrogen-bond acceptors (Lipinski definition) is 6. The second-order valence-electron chi connectivity index (χ2n) is 7.60. The highest BCUT2D eigenvalue weighted by molar-refractivity contribution is 6.39. The summed E-state index contributed by atoms with van der Waals surface area (Å²) in [5.74, 6) is -2.39. The number of hydrazone groups is 1. The molecule has 35 heavy (non-hydrogen) atoms. The number of benzene rings is 3. The van der Waals surface area contributed by atoms with Gasteiger partial charge in [-0.1, -0.05) is 29.8 Å². The van der Waals surface area contributed by atoms with Crippen LogP contribution in [0.3, 0.4) is 0 Å². The highest BCUT2D eigenvalue weighted by atomic mass is 16.5. The van der Waals surface area contributed by atoms with Crippen molar-refractivity contribution in [3.8, 4) is 5.75 Å². The van der Waals surface area contributed by atoms with Gasteiger partial charge in [-0.25, -0.2) is 10.2 Å². The summed E-state index contributed by atoms with van der Waals surface area (Å²) in [7, 11) is 0. The summed E-state index contributed by atoms with van der Waals surface area (Å²) in [5, 5.41) is 9.02. The van der Waals surface area contributed by atoms with Gasteiger partial charge in [-0.3, -0.25) is 14.4 Å². The van der Waals surface area contributed by atoms with E-state index in [0.29, 0.717) is 28.2 Å². The number of anilines is 2. The lowest BCUT2D eigenvalue weighted by atomic mass is 10.1. The topological polar surface area (TPSA) is 126 Å². The van der Waals surface area contributed by atoms with E-state index in [4.69, 9.17) is 4.74 Å². The minimum Gasteiger partial charge on any atom is -0.422 e. The first-order valence-electron chi connectivity index (χ1n) is 10.6. The zero-order chi connectivity index (χ0) is 25.4. The summed E-state index contributed by atoms with van der Waals surface area (Å²) in [5.41, 5.74) is 5.35. The van der Waals surface area contributed by atoms with Crippen molar-refractivity contribution < 1.29 is 23.9 Å². The number of amides is 3. The molecule has 0 aliphatic carbocycles. The van der Waals surface area contributed by atoms with E-state index in [2.05, 4.69) is 21.2 Å². The summed E-state index contributed by atoms with van der Waals surface area (Å²) in [6.07, 6.45) is 0. The molecule has 0 aromatic heterocycles. The second kappa shape index (κ2) is 11.4. The molecular formula is C26H24N4O5. The quantitative estimate of drug-likeness (QED) is 0.166. The van der Waals surface area contributed by atoms with E-state index in [1.807, 2.05) is 19.1 Å². The monoisotopic (exact) mass is 472 g/mol. The van der Waals surface area contributed by atoms with Crippen LogP contribution in [0.15, 0.2) is 77.9 Å². The molecular weight excluding hydrogens is 448 g/mol. The third kappa shape index (κ3) is 7.10. The Labute approximate surface area is 202 Å². The molecule has 178 valence electrons. The van der Waals surface area contributed by atoms with Crippen LogP contribution in [-0.4, -0.2) is 29.4 Å². The standard InChI is InChI=1S/C26H24N4O5/c1-16-8-10-19(11-9-16)26(34)35-23-7-5-4-6-22(23)17(2)29-30-25(33)24(32)28-21-14-12-20(13-15-21)27-18(3)31/h4-15H,1-3H3,(H,27,31)(H,28,32)(H,30,33). The minimum atomic E-state index is -0.982. The Hall–Kier alpha value is -4.79. The Morgan fingerprint density at radius 3 is 1.97 bits per heavy atom. The van der Waals surface area contributed by atoms with Gasteiger partial charge >= 0.3 is 17.8 Å². The Kier molecular flexibility index (Phi) is 8.07. The van der Waals surface area contributed by atoms with Gasteiger partial charge in [-0.2, -0.15) is 5.10 Å². The van der Waals surface area contributed by atoms with Gasteiger partial charge in [0.15, 0.2) is 0 Å². The number of hydrogen-bond donors (Lipinski definition) is 3. The van der Waals surface area contributed by atoms with Crippen LogP contribution in [0.4, 0.5) is 11.4 Å². The van der Waals surface area contributed by atoms with Crippen molar-refractivity contribution in [2.75, 3.05) is 10.6 Å². The SMILES string of the molecule is CC(=O)Nc1ccc(NC(=O)C(=O)NN=C(C)c2ccccc2OC(=O)c2ccc(C)cc2)cc1. The summed E-state index contributed by atoms with van der Waals surface area (Å²) in [6, 6.07) is 20.0. The summed E-state index contributed by atoms with van der Waals surface area (Å²) >= 11 is 0. The van der Waals surface area contributed by atoms with E-state index in [-0.39, 0.29) is 11.7 Å². The van der Waals surface area contributed by atoms with E-state index >= 15 is 0 Å². The fraction of sp³-hybridized carbons (Fsp3) is 0.115. The van der Waals surface area contributed by atoms with Gasteiger partial charge < -0.3 is 15.4 Å². The lowest BCUT2D eigenvalue weighted by molar-refractivity contribution is -0.136. The molecule has 0 fully saturated rings. The molecule has 3 amide bonds. The van der Waals surface area contributed by atoms with Crippen LogP contribution in [0, 0.1) is 6.92 Å². The molecule has 3 rings (SSSR count). The van der Waals surface area contributed by atoms with Gasteiger partial charge in [0.1, 0.15) is 5.75 Å². The van der Waals surface area contributed by atoms with Crippen LogP contribution in [-0.2, 0) is 14.4 Å². The number of carbonyl (C=O) groups excluding carboxylic acids is 4. The van der Waals surface area contributed by atoms with Crippen LogP contribution in [0.25, 0.3) is 0 Å². The van der Waals surface area contributed by atoms with Crippen LogP contribution in [0.5, 0.6) is 5.75 Å².